The van der Waals surface area contributed by atoms with Gasteiger partial charge in [0.25, 0.3) is 0 Å². The lowest BCUT2D eigenvalue weighted by atomic mass is 9.94. The Morgan fingerprint density at radius 2 is 0.859 bits per heavy atom. The second-order valence-electron chi connectivity index (χ2n) is 22.0. The maximum absolute atomic E-state index is 11.7. The number of Topliss-reactive ketones (excluding diaryl/α,β-unsaturated/α-hetero) is 1. The molecule has 8 aliphatic rings. The van der Waals surface area contributed by atoms with Crippen LogP contribution in [0, 0.1) is 0 Å². The summed E-state index contributed by atoms with van der Waals surface area (Å²) >= 11 is 0. The van der Waals surface area contributed by atoms with Crippen LogP contribution >= 0.6 is 37.2 Å². The number of nitrogens with zero attached hydrogens (tertiary/aromatic N) is 3. The zero-order valence-corrected chi connectivity index (χ0v) is 47.8. The van der Waals surface area contributed by atoms with Crippen LogP contribution in [0.15, 0.2) is 0 Å². The number of ether oxygens (including phenoxy) is 2. The van der Waals surface area contributed by atoms with Gasteiger partial charge in [-0.2, -0.15) is 0 Å². The zero-order chi connectivity index (χ0) is 49.7. The van der Waals surface area contributed by atoms with Crippen LogP contribution < -0.4 is 27.4 Å². The monoisotopic (exact) mass is 1080 g/mol. The fourth-order valence-electron chi connectivity index (χ4n) is 10.5. The Balaban J connectivity index is -0.000000808. The van der Waals surface area contributed by atoms with Gasteiger partial charge >= 0.3 is 12.2 Å². The topological polar surface area (TPSA) is 208 Å². The lowest BCUT2D eigenvalue weighted by Crippen LogP contribution is -2.42. The molecule has 18 heteroatoms. The quantitative estimate of drug-likeness (QED) is 0.137. The van der Waals surface area contributed by atoms with Crippen molar-refractivity contribution in [1.29, 1.82) is 0 Å². The number of carbonyl (C=O) groups is 3. The minimum atomic E-state index is -0.411. The first-order valence-electron chi connectivity index (χ1n) is 26.9. The minimum absolute atomic E-state index is 0. The smallest absolute Gasteiger partial charge is 0.407 e. The van der Waals surface area contributed by atoms with E-state index in [1.807, 2.05) is 41.5 Å². The van der Waals surface area contributed by atoms with Crippen molar-refractivity contribution in [3.8, 4) is 0 Å². The molecule has 0 radical (unpaired) electrons. The number of nitrogens with two attached hydrogens (primary N) is 2. The minimum Gasteiger partial charge on any atom is -0.444 e. The van der Waals surface area contributed by atoms with Crippen LogP contribution in [0.2, 0.25) is 0 Å². The van der Waals surface area contributed by atoms with Gasteiger partial charge in [0.2, 0.25) is 0 Å². The first-order valence-corrected chi connectivity index (χ1v) is 26.9. The molecular weight excluding hydrogens is 967 g/mol. The van der Waals surface area contributed by atoms with Crippen LogP contribution in [0.25, 0.3) is 0 Å². The Kier molecular flexibility index (Phi) is 43.7. The van der Waals surface area contributed by atoms with Gasteiger partial charge in [0.15, 0.2) is 0 Å². The third kappa shape index (κ3) is 34.1. The van der Waals surface area contributed by atoms with Gasteiger partial charge in [-0.3, -0.25) is 19.5 Å². The first kappa shape index (κ1) is 74.0. The number of likely N-dealkylation sites (tertiary alicyclic amines) is 3. The van der Waals surface area contributed by atoms with E-state index in [0.29, 0.717) is 17.9 Å². The maximum atomic E-state index is 11.7. The van der Waals surface area contributed by atoms with Gasteiger partial charge in [-0.05, 0) is 125 Å². The number of halogens is 3. The summed E-state index contributed by atoms with van der Waals surface area (Å²) in [5.41, 5.74) is 11.0. The molecule has 4 atom stereocenters. The Morgan fingerprint density at radius 3 is 1.15 bits per heavy atom. The van der Waals surface area contributed by atoms with Gasteiger partial charge in [-0.15, -0.1) is 37.2 Å². The molecule has 9 N–H and O–H groups in total. The summed E-state index contributed by atoms with van der Waals surface area (Å²) in [7, 11) is 2.00. The van der Waals surface area contributed by atoms with Gasteiger partial charge < -0.3 is 47.1 Å². The van der Waals surface area contributed by atoms with E-state index < -0.39 is 11.2 Å². The van der Waals surface area contributed by atoms with Gasteiger partial charge in [0.1, 0.15) is 17.0 Å². The summed E-state index contributed by atoms with van der Waals surface area (Å²) in [6.07, 6.45) is 30.3. The van der Waals surface area contributed by atoms with Gasteiger partial charge in [-0.25, -0.2) is 9.59 Å². The molecule has 0 spiro atoms. The number of aliphatic hydroxyl groups is 2. The SMILES string of the molecule is C.CC(C)(C)OC(=O)N[C@H]1CCN(C2CCCCC2)C1.CC(C)(C)OC(=O)N[C@H]1CCNC1.CO.CO.Cl.Cl.Cl.N[C@H]1CCN(C2CCCCC2)C1.N[C@H]1CCN(C2CCCCC2)C1.O=C1CCCCC1. The van der Waals surface area contributed by atoms with Crippen LogP contribution in [-0.2, 0) is 14.3 Å². The van der Waals surface area contributed by atoms with Gasteiger partial charge in [0.05, 0.1) is 0 Å². The predicted octanol–water partition coefficient (Wildman–Crippen LogP) is 9.13. The fourth-order valence-corrected chi connectivity index (χ4v) is 10.5. The number of carbonyl (C=O) groups excluding carboxylic acids is 3. The lowest BCUT2D eigenvalue weighted by molar-refractivity contribution is -0.120. The first-order chi connectivity index (χ1) is 32.0. The molecule has 0 aromatic carbocycles. The Bertz CT molecular complexity index is 1260. The van der Waals surface area contributed by atoms with Crippen molar-refractivity contribution >= 4 is 55.2 Å². The van der Waals surface area contributed by atoms with Crippen LogP contribution in [-0.4, -0.2) is 163 Å². The average Bonchev–Trinajstić information content (AvgIpc) is 4.16. The van der Waals surface area contributed by atoms with Crippen LogP contribution in [0.1, 0.15) is 203 Å². The van der Waals surface area contributed by atoms with E-state index in [-0.39, 0.29) is 68.9 Å². The third-order valence-corrected chi connectivity index (χ3v) is 13.9. The number of amides is 2. The van der Waals surface area contributed by atoms with Crippen molar-refractivity contribution in [1.82, 2.24) is 30.7 Å². The van der Waals surface area contributed by atoms with E-state index in [2.05, 4.69) is 30.7 Å². The molecule has 0 aromatic rings. The Hall–Kier alpha value is -1.24. The summed E-state index contributed by atoms with van der Waals surface area (Å²) in [6.45, 7) is 20.0. The zero-order valence-electron chi connectivity index (χ0n) is 45.3. The number of aliphatic hydroxyl groups excluding tert-OH is 2. The van der Waals surface area contributed by atoms with E-state index in [1.54, 1.807) is 0 Å². The second kappa shape index (κ2) is 41.9. The van der Waals surface area contributed by atoms with E-state index in [1.165, 1.54) is 129 Å². The van der Waals surface area contributed by atoms with Crippen molar-refractivity contribution in [2.75, 3.05) is 66.6 Å². The molecule has 4 saturated carbocycles. The van der Waals surface area contributed by atoms with Crippen LogP contribution in [0.5, 0.6) is 0 Å². The molecule has 71 heavy (non-hydrogen) atoms. The number of rotatable bonds is 5. The molecule has 8 rings (SSSR count). The van der Waals surface area contributed by atoms with Crippen molar-refractivity contribution in [3.63, 3.8) is 0 Å². The Morgan fingerprint density at radius 1 is 0.521 bits per heavy atom. The highest BCUT2D eigenvalue weighted by atomic mass is 35.5. The molecule has 8 fully saturated rings. The fraction of sp³-hybridized carbons (Fsp3) is 0.943. The van der Waals surface area contributed by atoms with Crippen molar-refractivity contribution < 1.29 is 34.1 Å². The third-order valence-electron chi connectivity index (χ3n) is 13.9. The van der Waals surface area contributed by atoms with Crippen molar-refractivity contribution in [2.45, 2.75) is 257 Å². The molecule has 15 nitrogen and oxygen atoms in total. The highest BCUT2D eigenvalue weighted by Crippen LogP contribution is 2.28. The second-order valence-corrected chi connectivity index (χ2v) is 22.0. The molecule has 4 heterocycles. The van der Waals surface area contributed by atoms with Crippen molar-refractivity contribution in [3.05, 3.63) is 0 Å². The number of hydrogen-bond donors (Lipinski definition) is 7. The van der Waals surface area contributed by atoms with Gasteiger partial charge in [-0.1, -0.05) is 71.6 Å². The number of hydrogen-bond acceptors (Lipinski definition) is 13. The summed E-state index contributed by atoms with van der Waals surface area (Å²) in [5, 5.41) is 23.0. The molecule has 4 aliphatic heterocycles. The molecule has 0 bridgehead atoms. The summed E-state index contributed by atoms with van der Waals surface area (Å²) in [6, 6.07) is 3.93. The van der Waals surface area contributed by atoms with E-state index in [4.69, 9.17) is 31.2 Å². The molecule has 426 valence electrons. The standard InChI is InChI=1S/C15H28N2O2.2C10H20N2.C9H18N2O2.C6H10O.2CH4O.CH4.3ClH/c1-15(2,3)19-14(18)16-12-9-10-17(11-12)13-7-5-4-6-8-13;2*11-9-6-7-12(8-9)10-4-2-1-3-5-10;1-9(2,3)13-8(12)11-7-4-5-10-6-7;7-6-4-2-1-3-5-6;2*1-2;;;;/h12-13H,4-11H2,1-3H3,(H,16,18);2*9-10H,1-8,11H2;7,10H,4-6H2,1-3H3,(H,11,12);1-5H2;2*2H,1H3;1H4;3*1H/t12-;2*9-;7-;;;;;;;/m0000......./s1. The van der Waals surface area contributed by atoms with E-state index >= 15 is 0 Å². The molecule has 0 aromatic heterocycles. The summed E-state index contributed by atoms with van der Waals surface area (Å²) in [5.74, 6) is 0.464. The highest BCUT2D eigenvalue weighted by molar-refractivity contribution is 5.86. The number of alkyl carbamates (subject to hydrolysis) is 2. The summed E-state index contributed by atoms with van der Waals surface area (Å²) < 4.78 is 10.4. The van der Waals surface area contributed by atoms with E-state index in [9.17, 15) is 14.4 Å². The molecule has 4 saturated heterocycles. The molecule has 4 aliphatic carbocycles. The molecule has 0 unspecified atom stereocenters. The highest BCUT2D eigenvalue weighted by Gasteiger charge is 2.32. The lowest BCUT2D eigenvalue weighted by Gasteiger charge is -2.31. The largest absolute Gasteiger partial charge is 0.444 e. The Labute approximate surface area is 452 Å². The van der Waals surface area contributed by atoms with Crippen LogP contribution in [0.3, 0.4) is 0 Å². The van der Waals surface area contributed by atoms with E-state index in [0.717, 1.165) is 110 Å². The average molecular weight is 1080 g/mol. The number of ketones is 1. The number of nitrogens with one attached hydrogen (secondary N) is 3. The molecule has 2 amide bonds. The van der Waals surface area contributed by atoms with Crippen molar-refractivity contribution in [2.24, 2.45) is 11.5 Å². The van der Waals surface area contributed by atoms with Crippen LogP contribution in [0.4, 0.5) is 9.59 Å². The summed E-state index contributed by atoms with van der Waals surface area (Å²) in [4.78, 5) is 41.2. The maximum Gasteiger partial charge on any atom is 0.407 e. The van der Waals surface area contributed by atoms with Gasteiger partial charge in [0, 0.05) is 115 Å². The molecular formula is C53H111Cl3N8O7. The normalized spacial score (nSPS) is 25.2. The predicted molar refractivity (Wildman–Crippen MR) is 302 cm³/mol.